The van der Waals surface area contributed by atoms with Crippen LogP contribution < -0.4 is 12.4 Å². The number of quaternary nitrogens is 1. The van der Waals surface area contributed by atoms with Gasteiger partial charge in [-0.3, -0.25) is 0 Å². The molecule has 178 valence electrons. The molecule has 0 amide bonds. The van der Waals surface area contributed by atoms with E-state index in [0.717, 1.165) is 6.54 Å². The third kappa shape index (κ3) is 22.7. The van der Waals surface area contributed by atoms with Crippen molar-refractivity contribution in [3.63, 3.8) is 0 Å². The van der Waals surface area contributed by atoms with E-state index in [-0.39, 0.29) is 18.5 Å². The molecule has 4 heteroatoms. The molecule has 1 N–H and O–H groups in total. The van der Waals surface area contributed by atoms with Gasteiger partial charge in [0.25, 0.3) is 0 Å². The van der Waals surface area contributed by atoms with Crippen LogP contribution in [0.4, 0.5) is 0 Å². The van der Waals surface area contributed by atoms with E-state index in [1.165, 1.54) is 109 Å². The van der Waals surface area contributed by atoms with Crippen molar-refractivity contribution in [3.8, 4) is 0 Å². The molecule has 0 aliphatic heterocycles. The van der Waals surface area contributed by atoms with E-state index in [1.54, 1.807) is 6.92 Å². The van der Waals surface area contributed by atoms with Crippen LogP contribution in [0.1, 0.15) is 130 Å². The Kier molecular flexibility index (Phi) is 23.1. The Bertz CT molecular complexity index is 324. The lowest BCUT2D eigenvalue weighted by molar-refractivity contribution is -1.08. The highest BCUT2D eigenvalue weighted by molar-refractivity contribution is 4.54. The fourth-order valence-corrected chi connectivity index (χ4v) is 3.81. The van der Waals surface area contributed by atoms with Gasteiger partial charge in [0, 0.05) is 0 Å². The van der Waals surface area contributed by atoms with Gasteiger partial charge in [-0.15, -0.1) is 0 Å². The second-order valence-electron chi connectivity index (χ2n) is 9.51. The van der Waals surface area contributed by atoms with E-state index in [2.05, 4.69) is 21.0 Å². The first-order chi connectivity index (χ1) is 13.4. The number of hydrogen-bond donors (Lipinski definition) is 1. The van der Waals surface area contributed by atoms with Gasteiger partial charge in [0.1, 0.15) is 12.6 Å². The SMILES string of the molecule is CCCCCCCCCCCCCCCCCCC[N+](C)(C)OC(C)C(C)O.[Cl-]. The van der Waals surface area contributed by atoms with Crippen molar-refractivity contribution in [3.05, 3.63) is 0 Å². The summed E-state index contributed by atoms with van der Waals surface area (Å²) in [4.78, 5) is 5.92. The maximum atomic E-state index is 9.57. The van der Waals surface area contributed by atoms with E-state index in [0.29, 0.717) is 4.65 Å². The van der Waals surface area contributed by atoms with Crippen LogP contribution in [0.2, 0.25) is 0 Å². The van der Waals surface area contributed by atoms with Gasteiger partial charge in [0.05, 0.1) is 20.2 Å². The summed E-state index contributed by atoms with van der Waals surface area (Å²) in [7, 11) is 4.18. The Morgan fingerprint density at radius 2 is 0.931 bits per heavy atom. The molecular formula is C25H54ClNO2. The molecule has 0 aliphatic carbocycles. The first-order valence-electron chi connectivity index (χ1n) is 12.6. The lowest BCUT2D eigenvalue weighted by atomic mass is 10.0. The minimum Gasteiger partial charge on any atom is -1.00 e. The standard InChI is InChI=1S/C25H54NO2.ClH/c1-6-7-8-9-10-11-12-13-14-15-16-17-18-19-20-21-22-23-26(4,5)28-25(3)24(2)27;/h24-25,27H,6-23H2,1-5H3;1H/q+1;/p-1. The average Bonchev–Trinajstić information content (AvgIpc) is 2.63. The molecular weight excluding hydrogens is 382 g/mol. The number of aliphatic hydroxyl groups is 1. The zero-order valence-corrected chi connectivity index (χ0v) is 21.3. The van der Waals surface area contributed by atoms with Gasteiger partial charge in [0.15, 0.2) is 0 Å². The summed E-state index contributed by atoms with van der Waals surface area (Å²) in [5, 5.41) is 9.57. The third-order valence-corrected chi connectivity index (χ3v) is 5.93. The monoisotopic (exact) mass is 435 g/mol. The highest BCUT2D eigenvalue weighted by Gasteiger charge is 2.23. The summed E-state index contributed by atoms with van der Waals surface area (Å²) >= 11 is 0. The van der Waals surface area contributed by atoms with Crippen molar-refractivity contribution in [1.29, 1.82) is 0 Å². The van der Waals surface area contributed by atoms with Crippen LogP contribution in [0.5, 0.6) is 0 Å². The van der Waals surface area contributed by atoms with E-state index in [4.69, 9.17) is 4.84 Å². The Hall–Kier alpha value is 0.170. The predicted octanol–water partition coefficient (Wildman–Crippen LogP) is 4.42. The number of aliphatic hydroxyl groups excluding tert-OH is 1. The summed E-state index contributed by atoms with van der Waals surface area (Å²) in [6.45, 7) is 7.05. The van der Waals surface area contributed by atoms with Crippen LogP contribution >= 0.6 is 0 Å². The molecule has 0 saturated carbocycles. The average molecular weight is 436 g/mol. The lowest BCUT2D eigenvalue weighted by Gasteiger charge is -2.31. The van der Waals surface area contributed by atoms with Crippen LogP contribution in [0, 0.1) is 0 Å². The second-order valence-corrected chi connectivity index (χ2v) is 9.51. The van der Waals surface area contributed by atoms with Crippen LogP contribution in [-0.4, -0.2) is 42.6 Å². The largest absolute Gasteiger partial charge is 1.00 e. The van der Waals surface area contributed by atoms with Crippen molar-refractivity contribution in [1.82, 2.24) is 0 Å². The highest BCUT2D eigenvalue weighted by Crippen LogP contribution is 2.15. The molecule has 0 rings (SSSR count). The molecule has 29 heavy (non-hydrogen) atoms. The molecule has 0 radical (unpaired) electrons. The molecule has 0 heterocycles. The first kappa shape index (κ1) is 31.4. The molecule has 0 saturated heterocycles. The minimum absolute atomic E-state index is 0. The summed E-state index contributed by atoms with van der Waals surface area (Å²) < 4.78 is 0.546. The summed E-state index contributed by atoms with van der Waals surface area (Å²) in [6.07, 6.45) is 23.4. The van der Waals surface area contributed by atoms with Crippen LogP contribution in [0.25, 0.3) is 0 Å². The van der Waals surface area contributed by atoms with Gasteiger partial charge in [0.2, 0.25) is 0 Å². The van der Waals surface area contributed by atoms with Gasteiger partial charge < -0.3 is 17.5 Å². The zero-order chi connectivity index (χ0) is 21.1. The van der Waals surface area contributed by atoms with Crippen molar-refractivity contribution < 1.29 is 27.0 Å². The minimum atomic E-state index is -0.409. The molecule has 0 bridgehead atoms. The number of unbranched alkanes of at least 4 members (excludes halogenated alkanes) is 16. The molecule has 0 aliphatic rings. The lowest BCUT2D eigenvalue weighted by Crippen LogP contribution is -3.00. The fourth-order valence-electron chi connectivity index (χ4n) is 3.81. The van der Waals surface area contributed by atoms with E-state index < -0.39 is 6.10 Å². The Morgan fingerprint density at radius 1 is 0.621 bits per heavy atom. The number of hydroxylamine groups is 3. The Labute approximate surface area is 189 Å². The molecule has 0 spiro atoms. The Balaban J connectivity index is 0. The van der Waals surface area contributed by atoms with E-state index in [9.17, 15) is 5.11 Å². The molecule has 0 aromatic carbocycles. The Morgan fingerprint density at radius 3 is 1.24 bits per heavy atom. The summed E-state index contributed by atoms with van der Waals surface area (Å²) in [5.74, 6) is 0. The van der Waals surface area contributed by atoms with Gasteiger partial charge in [-0.1, -0.05) is 103 Å². The predicted molar refractivity (Wildman–Crippen MR) is 123 cm³/mol. The topological polar surface area (TPSA) is 29.5 Å². The second kappa shape index (κ2) is 21.4. The maximum absolute atomic E-state index is 9.57. The molecule has 2 atom stereocenters. The van der Waals surface area contributed by atoms with Crippen molar-refractivity contribution in [2.24, 2.45) is 0 Å². The van der Waals surface area contributed by atoms with Gasteiger partial charge in [-0.2, -0.15) is 9.48 Å². The molecule has 0 aromatic rings. The normalized spacial score (nSPS) is 13.9. The number of nitrogens with zero attached hydrogens (tertiary/aromatic N) is 1. The zero-order valence-electron chi connectivity index (χ0n) is 20.6. The quantitative estimate of drug-likeness (QED) is 0.164. The smallest absolute Gasteiger partial charge is 0.139 e. The molecule has 0 fully saturated rings. The number of rotatable bonds is 21. The number of hydrogen-bond acceptors (Lipinski definition) is 2. The van der Waals surface area contributed by atoms with Crippen LogP contribution in [0.15, 0.2) is 0 Å². The highest BCUT2D eigenvalue weighted by atomic mass is 35.5. The number of halogens is 1. The maximum Gasteiger partial charge on any atom is 0.139 e. The van der Waals surface area contributed by atoms with Crippen LogP contribution in [0.3, 0.4) is 0 Å². The van der Waals surface area contributed by atoms with Gasteiger partial charge >= 0.3 is 0 Å². The molecule has 0 aromatic heterocycles. The van der Waals surface area contributed by atoms with E-state index >= 15 is 0 Å². The molecule has 2 unspecified atom stereocenters. The van der Waals surface area contributed by atoms with Crippen molar-refractivity contribution in [2.45, 2.75) is 142 Å². The molecule has 3 nitrogen and oxygen atoms in total. The van der Waals surface area contributed by atoms with Crippen LogP contribution in [-0.2, 0) is 4.84 Å². The van der Waals surface area contributed by atoms with Gasteiger partial charge in [-0.05, 0) is 26.7 Å². The summed E-state index contributed by atoms with van der Waals surface area (Å²) in [6, 6.07) is 0. The van der Waals surface area contributed by atoms with Gasteiger partial charge in [-0.25, -0.2) is 0 Å². The van der Waals surface area contributed by atoms with Crippen molar-refractivity contribution in [2.75, 3.05) is 20.6 Å². The summed E-state index contributed by atoms with van der Waals surface area (Å²) in [5.41, 5.74) is 0. The third-order valence-electron chi connectivity index (χ3n) is 5.93. The fraction of sp³-hybridized carbons (Fsp3) is 1.00. The van der Waals surface area contributed by atoms with Crippen molar-refractivity contribution >= 4 is 0 Å². The first-order valence-corrected chi connectivity index (χ1v) is 12.6. The van der Waals surface area contributed by atoms with E-state index in [1.807, 2.05) is 6.92 Å².